The average Bonchev–Trinajstić information content (AvgIpc) is 3.09. The van der Waals surface area contributed by atoms with Crippen LogP contribution in [0.25, 0.3) is 0 Å². The first kappa shape index (κ1) is 19.3. The second kappa shape index (κ2) is 7.28. The molecule has 9 nitrogen and oxygen atoms in total. The Kier molecular flexibility index (Phi) is 5.20. The lowest BCUT2D eigenvalue weighted by atomic mass is 10.1. The molecule has 0 atom stereocenters. The summed E-state index contributed by atoms with van der Waals surface area (Å²) in [5, 5.41) is 7.37. The molecule has 0 unspecified atom stereocenters. The number of benzene rings is 1. The molecule has 0 aliphatic carbocycles. The van der Waals surface area contributed by atoms with Gasteiger partial charge in [0, 0.05) is 33.1 Å². The highest BCUT2D eigenvalue weighted by molar-refractivity contribution is 7.89. The van der Waals surface area contributed by atoms with Crippen molar-refractivity contribution in [1.82, 2.24) is 19.4 Å². The fourth-order valence-corrected chi connectivity index (χ4v) is 4.56. The summed E-state index contributed by atoms with van der Waals surface area (Å²) in [4.78, 5) is 14.0. The lowest BCUT2D eigenvalue weighted by molar-refractivity contribution is 0.0656. The second-order valence-electron chi connectivity index (χ2n) is 6.41. The summed E-state index contributed by atoms with van der Waals surface area (Å²) in [5.74, 6) is 0.149. The third kappa shape index (κ3) is 3.67. The third-order valence-corrected chi connectivity index (χ3v) is 6.55. The topological polar surface area (TPSA) is 106 Å². The van der Waals surface area contributed by atoms with Crippen LogP contribution in [0.3, 0.4) is 0 Å². The van der Waals surface area contributed by atoms with Gasteiger partial charge in [0.15, 0.2) is 0 Å². The van der Waals surface area contributed by atoms with E-state index in [2.05, 4.69) is 10.2 Å². The second-order valence-corrected chi connectivity index (χ2v) is 8.32. The molecule has 2 heterocycles. The fourth-order valence-electron chi connectivity index (χ4n) is 2.91. The van der Waals surface area contributed by atoms with Crippen molar-refractivity contribution in [2.24, 2.45) is 0 Å². The predicted octanol–water partition coefficient (Wildman–Crippen LogP) is 1.15. The van der Waals surface area contributed by atoms with E-state index in [0.29, 0.717) is 11.6 Å². The van der Waals surface area contributed by atoms with Crippen LogP contribution >= 0.6 is 0 Å². The van der Waals surface area contributed by atoms with Crippen LogP contribution in [0.5, 0.6) is 5.75 Å². The standard InChI is InChI=1S/C17H22N4O5S/c1-11-9-14(25-4)15(10-12(11)2)27(23,24)21-7-5-20(6-8-21)17(22)16-19-18-13(3)26-16/h9-10H,5-8H2,1-4H3. The molecule has 146 valence electrons. The van der Waals surface area contributed by atoms with Crippen LogP contribution in [0.4, 0.5) is 0 Å². The zero-order valence-electron chi connectivity index (χ0n) is 15.7. The predicted molar refractivity (Wildman–Crippen MR) is 96.2 cm³/mol. The zero-order chi connectivity index (χ0) is 19.8. The number of hydrogen-bond acceptors (Lipinski definition) is 7. The molecule has 3 rings (SSSR count). The lowest BCUT2D eigenvalue weighted by Gasteiger charge is -2.33. The summed E-state index contributed by atoms with van der Waals surface area (Å²) >= 11 is 0. The summed E-state index contributed by atoms with van der Waals surface area (Å²) in [5.41, 5.74) is 1.83. The first-order chi connectivity index (χ1) is 12.7. The number of nitrogens with zero attached hydrogens (tertiary/aromatic N) is 4. The van der Waals surface area contributed by atoms with Gasteiger partial charge in [-0.3, -0.25) is 4.79 Å². The number of ether oxygens (including phenoxy) is 1. The summed E-state index contributed by atoms with van der Waals surface area (Å²) in [6.07, 6.45) is 0. The van der Waals surface area contributed by atoms with Gasteiger partial charge in [-0.2, -0.15) is 4.31 Å². The van der Waals surface area contributed by atoms with Crippen molar-refractivity contribution in [1.29, 1.82) is 0 Å². The number of amides is 1. The van der Waals surface area contributed by atoms with Crippen molar-refractivity contribution in [2.75, 3.05) is 33.3 Å². The van der Waals surface area contributed by atoms with Crippen LogP contribution in [0, 0.1) is 20.8 Å². The van der Waals surface area contributed by atoms with E-state index in [1.807, 2.05) is 13.8 Å². The molecule has 1 aromatic carbocycles. The minimum absolute atomic E-state index is 0.0837. The molecule has 1 fully saturated rings. The number of carbonyl (C=O) groups excluding carboxylic acids is 1. The Morgan fingerprint density at radius 1 is 1.07 bits per heavy atom. The number of methoxy groups -OCH3 is 1. The van der Waals surface area contributed by atoms with E-state index in [4.69, 9.17) is 9.15 Å². The molecule has 1 saturated heterocycles. The van der Waals surface area contributed by atoms with Crippen LogP contribution in [-0.4, -0.2) is 67.0 Å². The van der Waals surface area contributed by atoms with Crippen molar-refractivity contribution >= 4 is 15.9 Å². The third-order valence-electron chi connectivity index (χ3n) is 4.63. The molecule has 10 heteroatoms. The van der Waals surface area contributed by atoms with Crippen molar-refractivity contribution in [3.05, 3.63) is 35.0 Å². The molecule has 27 heavy (non-hydrogen) atoms. The van der Waals surface area contributed by atoms with E-state index in [0.717, 1.165) is 11.1 Å². The van der Waals surface area contributed by atoms with Crippen LogP contribution in [0.1, 0.15) is 27.7 Å². The monoisotopic (exact) mass is 394 g/mol. The van der Waals surface area contributed by atoms with E-state index in [1.54, 1.807) is 19.1 Å². The highest BCUT2D eigenvalue weighted by atomic mass is 32.2. The van der Waals surface area contributed by atoms with Crippen molar-refractivity contribution in [3.8, 4) is 5.75 Å². The molecule has 1 amide bonds. The molecular weight excluding hydrogens is 372 g/mol. The molecule has 1 aromatic heterocycles. The van der Waals surface area contributed by atoms with Gasteiger partial charge in [0.25, 0.3) is 0 Å². The SMILES string of the molecule is COc1cc(C)c(C)cc1S(=O)(=O)N1CCN(C(=O)c2nnc(C)o2)CC1. The van der Waals surface area contributed by atoms with Crippen molar-refractivity contribution < 1.29 is 22.4 Å². The minimum atomic E-state index is -3.73. The number of rotatable bonds is 4. The minimum Gasteiger partial charge on any atom is -0.495 e. The van der Waals surface area contributed by atoms with Gasteiger partial charge >= 0.3 is 11.8 Å². The number of aromatic nitrogens is 2. The van der Waals surface area contributed by atoms with Gasteiger partial charge in [0.05, 0.1) is 7.11 Å². The maximum Gasteiger partial charge on any atom is 0.311 e. The number of piperazine rings is 1. The van der Waals surface area contributed by atoms with E-state index >= 15 is 0 Å². The summed E-state index contributed by atoms with van der Waals surface area (Å²) in [6, 6.07) is 3.35. The fraction of sp³-hybridized carbons (Fsp3) is 0.471. The van der Waals surface area contributed by atoms with Gasteiger partial charge < -0.3 is 14.1 Å². The van der Waals surface area contributed by atoms with Gasteiger partial charge in [-0.1, -0.05) is 0 Å². The highest BCUT2D eigenvalue weighted by Crippen LogP contribution is 2.30. The van der Waals surface area contributed by atoms with E-state index in [-0.39, 0.29) is 37.0 Å². The van der Waals surface area contributed by atoms with Crippen LogP contribution in [0.15, 0.2) is 21.4 Å². The maximum absolute atomic E-state index is 13.1. The Labute approximate surface area is 158 Å². The largest absolute Gasteiger partial charge is 0.495 e. The van der Waals surface area contributed by atoms with E-state index in [9.17, 15) is 13.2 Å². The highest BCUT2D eigenvalue weighted by Gasteiger charge is 2.33. The van der Waals surface area contributed by atoms with Gasteiger partial charge in [0.2, 0.25) is 15.9 Å². The molecular formula is C17H22N4O5S. The normalized spacial score (nSPS) is 15.8. The Morgan fingerprint density at radius 2 is 1.70 bits per heavy atom. The molecule has 2 aromatic rings. The first-order valence-electron chi connectivity index (χ1n) is 8.49. The van der Waals surface area contributed by atoms with Gasteiger partial charge in [-0.15, -0.1) is 10.2 Å². The van der Waals surface area contributed by atoms with E-state index < -0.39 is 15.9 Å². The Bertz CT molecular complexity index is 962. The molecule has 1 aliphatic heterocycles. The molecule has 0 N–H and O–H groups in total. The molecule has 0 radical (unpaired) electrons. The first-order valence-corrected chi connectivity index (χ1v) is 9.93. The Hall–Kier alpha value is -2.46. The summed E-state index contributed by atoms with van der Waals surface area (Å²) in [6.45, 7) is 6.20. The van der Waals surface area contributed by atoms with E-state index in [1.165, 1.54) is 16.3 Å². The molecule has 0 spiro atoms. The number of hydrogen-bond donors (Lipinski definition) is 0. The molecule has 0 bridgehead atoms. The zero-order valence-corrected chi connectivity index (χ0v) is 16.5. The summed E-state index contributed by atoms with van der Waals surface area (Å²) in [7, 11) is -2.28. The maximum atomic E-state index is 13.1. The van der Waals surface area contributed by atoms with Crippen molar-refractivity contribution in [2.45, 2.75) is 25.7 Å². The Morgan fingerprint density at radius 3 is 2.26 bits per heavy atom. The van der Waals surface area contributed by atoms with Crippen LogP contribution in [-0.2, 0) is 10.0 Å². The molecule has 0 saturated carbocycles. The number of carbonyl (C=O) groups is 1. The lowest BCUT2D eigenvalue weighted by Crippen LogP contribution is -2.50. The number of aryl methyl sites for hydroxylation is 3. The molecule has 1 aliphatic rings. The number of sulfonamides is 1. The van der Waals surface area contributed by atoms with Gasteiger partial charge in [-0.25, -0.2) is 8.42 Å². The van der Waals surface area contributed by atoms with Crippen LogP contribution in [0.2, 0.25) is 0 Å². The summed E-state index contributed by atoms with van der Waals surface area (Å²) < 4.78 is 38.0. The average molecular weight is 394 g/mol. The quantitative estimate of drug-likeness (QED) is 0.766. The van der Waals surface area contributed by atoms with Crippen molar-refractivity contribution in [3.63, 3.8) is 0 Å². The van der Waals surface area contributed by atoms with Gasteiger partial charge in [-0.05, 0) is 37.1 Å². The van der Waals surface area contributed by atoms with Crippen LogP contribution < -0.4 is 4.74 Å². The Balaban J connectivity index is 1.77. The van der Waals surface area contributed by atoms with Gasteiger partial charge in [0.1, 0.15) is 10.6 Å². The smallest absolute Gasteiger partial charge is 0.311 e.